The Kier molecular flexibility index (Phi) is 7.93. The second kappa shape index (κ2) is 11.0. The summed E-state index contributed by atoms with van der Waals surface area (Å²) in [7, 11) is -6.61. The first-order valence-corrected chi connectivity index (χ1v) is 14.4. The van der Waals surface area contributed by atoms with Crippen molar-refractivity contribution >= 4 is 48.9 Å². The molecule has 0 aromatic heterocycles. The highest BCUT2D eigenvalue weighted by Crippen LogP contribution is 2.26. The second-order valence-electron chi connectivity index (χ2n) is 8.01. The van der Waals surface area contributed by atoms with E-state index >= 15 is 0 Å². The molecule has 0 bridgehead atoms. The van der Waals surface area contributed by atoms with Crippen molar-refractivity contribution in [1.29, 1.82) is 0 Å². The van der Waals surface area contributed by atoms with Gasteiger partial charge in [-0.1, -0.05) is 11.6 Å². The minimum absolute atomic E-state index is 0.0618. The van der Waals surface area contributed by atoms with E-state index in [0.29, 0.717) is 37.0 Å². The number of methoxy groups -OCH3 is 1. The van der Waals surface area contributed by atoms with Crippen molar-refractivity contribution in [3.8, 4) is 5.75 Å². The predicted molar refractivity (Wildman–Crippen MR) is 139 cm³/mol. The highest BCUT2D eigenvalue weighted by molar-refractivity contribution is 7.93. The van der Waals surface area contributed by atoms with E-state index in [0.717, 1.165) is 0 Å². The quantitative estimate of drug-likeness (QED) is 0.428. The number of carbonyl (C=O) groups is 1. The molecule has 1 heterocycles. The number of nitrogens with one attached hydrogen (secondary N) is 2. The lowest BCUT2D eigenvalue weighted by Crippen LogP contribution is -2.40. The molecular formula is C24H24ClN3O7S2. The largest absolute Gasteiger partial charge is 0.496 e. The molecule has 2 N–H and O–H groups in total. The van der Waals surface area contributed by atoms with E-state index in [9.17, 15) is 21.6 Å². The number of hydrogen-bond donors (Lipinski definition) is 2. The lowest BCUT2D eigenvalue weighted by atomic mass is 10.1. The highest BCUT2D eigenvalue weighted by atomic mass is 35.5. The molecule has 1 saturated heterocycles. The summed E-state index contributed by atoms with van der Waals surface area (Å²) in [6, 6.07) is 15.4. The fourth-order valence-electron chi connectivity index (χ4n) is 3.61. The van der Waals surface area contributed by atoms with Gasteiger partial charge in [-0.15, -0.1) is 0 Å². The second-order valence-corrected chi connectivity index (χ2v) is 11.8. The van der Waals surface area contributed by atoms with Gasteiger partial charge in [-0.25, -0.2) is 16.8 Å². The zero-order valence-electron chi connectivity index (χ0n) is 19.7. The summed E-state index contributed by atoms with van der Waals surface area (Å²) in [4.78, 5) is 14.4. The van der Waals surface area contributed by atoms with Crippen molar-refractivity contribution in [2.45, 2.75) is 9.79 Å². The van der Waals surface area contributed by atoms with Gasteiger partial charge in [0.15, 0.2) is 0 Å². The van der Waals surface area contributed by atoms with Crippen LogP contribution in [0.15, 0.2) is 76.5 Å². The lowest BCUT2D eigenvalue weighted by Gasteiger charge is -2.27. The zero-order valence-corrected chi connectivity index (χ0v) is 22.1. The molecule has 1 amide bonds. The van der Waals surface area contributed by atoms with Crippen LogP contribution < -0.4 is 14.2 Å². The van der Waals surface area contributed by atoms with E-state index in [4.69, 9.17) is 21.1 Å². The normalized spacial score (nSPS) is 14.2. The van der Waals surface area contributed by atoms with Gasteiger partial charge in [0.1, 0.15) is 5.75 Å². The van der Waals surface area contributed by atoms with Gasteiger partial charge in [-0.3, -0.25) is 14.2 Å². The van der Waals surface area contributed by atoms with E-state index in [1.807, 2.05) is 0 Å². The fourth-order valence-corrected chi connectivity index (χ4v) is 5.88. The SMILES string of the molecule is COc1ccc(S(=O)(=O)Nc2ccc(S(=O)(=O)Nc3ccc(Cl)cc3)cc2)cc1C(=O)N1CCOCC1. The molecule has 0 saturated carbocycles. The van der Waals surface area contributed by atoms with Crippen LogP contribution in [0.5, 0.6) is 5.75 Å². The molecule has 37 heavy (non-hydrogen) atoms. The van der Waals surface area contributed by atoms with Crippen LogP contribution in [-0.2, 0) is 24.8 Å². The van der Waals surface area contributed by atoms with Crippen molar-refractivity contribution < 1.29 is 31.1 Å². The van der Waals surface area contributed by atoms with E-state index < -0.39 is 20.0 Å². The molecule has 1 aliphatic heterocycles. The van der Waals surface area contributed by atoms with Gasteiger partial charge in [0.05, 0.1) is 35.7 Å². The van der Waals surface area contributed by atoms with Crippen molar-refractivity contribution in [1.82, 2.24) is 4.90 Å². The van der Waals surface area contributed by atoms with Crippen LogP contribution in [0.1, 0.15) is 10.4 Å². The number of nitrogens with zero attached hydrogens (tertiary/aromatic N) is 1. The Hall–Kier alpha value is -3.32. The first kappa shape index (κ1) is 26.7. The van der Waals surface area contributed by atoms with Crippen molar-refractivity contribution in [3.63, 3.8) is 0 Å². The maximum atomic E-state index is 13.1. The van der Waals surface area contributed by atoms with Gasteiger partial charge in [0.2, 0.25) is 0 Å². The van der Waals surface area contributed by atoms with Gasteiger partial charge in [0.25, 0.3) is 26.0 Å². The van der Waals surface area contributed by atoms with E-state index in [-0.39, 0.29) is 32.7 Å². The molecule has 1 aliphatic rings. The first-order valence-electron chi connectivity index (χ1n) is 11.1. The molecule has 3 aromatic carbocycles. The number of morpholine rings is 1. The summed E-state index contributed by atoms with van der Waals surface area (Å²) in [6.45, 7) is 1.57. The molecule has 0 spiro atoms. The number of ether oxygens (including phenoxy) is 2. The maximum Gasteiger partial charge on any atom is 0.261 e. The average molecular weight is 566 g/mol. The molecule has 13 heteroatoms. The molecule has 0 aliphatic carbocycles. The maximum absolute atomic E-state index is 13.1. The Morgan fingerprint density at radius 1 is 0.838 bits per heavy atom. The van der Waals surface area contributed by atoms with Gasteiger partial charge in [-0.2, -0.15) is 0 Å². The number of sulfonamides is 2. The van der Waals surface area contributed by atoms with E-state index in [2.05, 4.69) is 9.44 Å². The molecule has 4 rings (SSSR count). The smallest absolute Gasteiger partial charge is 0.261 e. The van der Waals surface area contributed by atoms with Gasteiger partial charge < -0.3 is 14.4 Å². The zero-order chi connectivity index (χ0) is 26.6. The standard InChI is InChI=1S/C24H24ClN3O7S2/c1-34-23-11-10-21(16-22(23)24(29)28-12-14-35-15-13-28)37(32,33)27-19-6-8-20(9-7-19)36(30,31)26-18-4-2-17(25)3-5-18/h2-11,16,26-27H,12-15H2,1H3. The number of hydrogen-bond acceptors (Lipinski definition) is 7. The Balaban J connectivity index is 1.53. The monoisotopic (exact) mass is 565 g/mol. The van der Waals surface area contributed by atoms with Crippen LogP contribution in [0.3, 0.4) is 0 Å². The fraction of sp³-hybridized carbons (Fsp3) is 0.208. The Labute approximate surface area is 220 Å². The minimum Gasteiger partial charge on any atom is -0.496 e. The Bertz CT molecular complexity index is 1490. The summed E-state index contributed by atoms with van der Waals surface area (Å²) in [5.74, 6) is -0.113. The molecular weight excluding hydrogens is 542 g/mol. The molecule has 0 radical (unpaired) electrons. The number of anilines is 2. The first-order chi connectivity index (χ1) is 17.6. The molecule has 0 unspecified atom stereocenters. The Morgan fingerprint density at radius 3 is 1.92 bits per heavy atom. The third kappa shape index (κ3) is 6.34. The van der Waals surface area contributed by atoms with Crippen LogP contribution in [0, 0.1) is 0 Å². The Morgan fingerprint density at radius 2 is 1.35 bits per heavy atom. The van der Waals surface area contributed by atoms with Crippen molar-refractivity contribution in [2.75, 3.05) is 42.9 Å². The van der Waals surface area contributed by atoms with E-state index in [1.54, 1.807) is 17.0 Å². The lowest BCUT2D eigenvalue weighted by molar-refractivity contribution is 0.0300. The van der Waals surface area contributed by atoms with Gasteiger partial charge in [-0.05, 0) is 66.7 Å². The molecule has 10 nitrogen and oxygen atoms in total. The summed E-state index contributed by atoms with van der Waals surface area (Å²) < 4.78 is 66.8. The summed E-state index contributed by atoms with van der Waals surface area (Å²) in [5, 5.41) is 0.467. The van der Waals surface area contributed by atoms with Crippen LogP contribution >= 0.6 is 11.6 Å². The van der Waals surface area contributed by atoms with Crippen molar-refractivity contribution in [3.05, 3.63) is 77.3 Å². The number of carbonyl (C=O) groups excluding carboxylic acids is 1. The topological polar surface area (TPSA) is 131 Å². The van der Waals surface area contributed by atoms with Crippen LogP contribution in [0.25, 0.3) is 0 Å². The molecule has 0 atom stereocenters. The molecule has 1 fully saturated rings. The summed E-state index contributed by atoms with van der Waals surface area (Å²) in [5.41, 5.74) is 0.584. The van der Waals surface area contributed by atoms with Gasteiger partial charge in [0, 0.05) is 29.5 Å². The highest BCUT2D eigenvalue weighted by Gasteiger charge is 2.25. The van der Waals surface area contributed by atoms with Crippen LogP contribution in [0.2, 0.25) is 5.02 Å². The number of rotatable bonds is 8. The number of halogens is 1. The third-order valence-corrected chi connectivity index (χ3v) is 8.55. The minimum atomic E-state index is -4.10. The van der Waals surface area contributed by atoms with E-state index in [1.165, 1.54) is 61.7 Å². The van der Waals surface area contributed by atoms with Gasteiger partial charge >= 0.3 is 0 Å². The average Bonchev–Trinajstić information content (AvgIpc) is 2.89. The van der Waals surface area contributed by atoms with Crippen LogP contribution in [-0.4, -0.2) is 61.1 Å². The summed E-state index contributed by atoms with van der Waals surface area (Å²) >= 11 is 5.83. The van der Waals surface area contributed by atoms with Crippen molar-refractivity contribution in [2.24, 2.45) is 0 Å². The van der Waals surface area contributed by atoms with Crippen LogP contribution in [0.4, 0.5) is 11.4 Å². The molecule has 196 valence electrons. The molecule has 3 aromatic rings. The number of amides is 1. The predicted octanol–water partition coefficient (Wildman–Crippen LogP) is 3.42. The summed E-state index contributed by atoms with van der Waals surface area (Å²) in [6.07, 6.45) is 0. The number of benzene rings is 3. The third-order valence-electron chi connectivity index (χ3n) is 5.52.